The van der Waals surface area contributed by atoms with E-state index in [-0.39, 0.29) is 11.3 Å². The van der Waals surface area contributed by atoms with Gasteiger partial charge < -0.3 is 4.52 Å². The topological polar surface area (TPSA) is 73.1 Å². The number of halogens is 1. The van der Waals surface area contributed by atoms with Gasteiger partial charge in [-0.15, -0.1) is 11.6 Å². The molecule has 0 fully saturated rings. The zero-order valence-corrected chi connectivity index (χ0v) is 9.63. The Kier molecular flexibility index (Phi) is 3.16. The lowest BCUT2D eigenvalue weighted by Crippen LogP contribution is -2.08. The highest BCUT2D eigenvalue weighted by Gasteiger charge is 2.24. The van der Waals surface area contributed by atoms with Gasteiger partial charge in [-0.05, 0) is 13.8 Å². The van der Waals surface area contributed by atoms with Crippen molar-refractivity contribution in [2.75, 3.05) is 6.26 Å². The van der Waals surface area contributed by atoms with Gasteiger partial charge >= 0.3 is 0 Å². The van der Waals surface area contributed by atoms with Crippen LogP contribution in [0.3, 0.4) is 0 Å². The van der Waals surface area contributed by atoms with Crippen LogP contribution in [0.15, 0.2) is 4.52 Å². The fourth-order valence-electron chi connectivity index (χ4n) is 0.757. The van der Waals surface area contributed by atoms with Crippen LogP contribution < -0.4 is 0 Å². The molecule has 1 heterocycles. The molecular weight excluding hydrogens is 228 g/mol. The SMILES string of the molecule is CC(Cl)c1noc(C(C)S(C)(=O)=O)n1. The van der Waals surface area contributed by atoms with Gasteiger partial charge in [-0.25, -0.2) is 8.42 Å². The first-order valence-corrected chi connectivity index (χ1v) is 6.38. The molecule has 0 radical (unpaired) electrons. The molecule has 0 aliphatic rings. The summed E-state index contributed by atoms with van der Waals surface area (Å²) in [4.78, 5) is 3.89. The number of aromatic nitrogens is 2. The number of alkyl halides is 1. The Labute approximate surface area is 87.4 Å². The molecule has 7 heteroatoms. The molecule has 2 atom stereocenters. The Bertz CT molecular complexity index is 412. The molecule has 0 aliphatic carbocycles. The van der Waals surface area contributed by atoms with Gasteiger partial charge in [0.15, 0.2) is 15.7 Å². The zero-order chi connectivity index (χ0) is 10.9. The molecular formula is C7H11ClN2O3S. The molecule has 2 unspecified atom stereocenters. The smallest absolute Gasteiger partial charge is 0.244 e. The minimum absolute atomic E-state index is 0.0787. The summed E-state index contributed by atoms with van der Waals surface area (Å²) in [7, 11) is -3.21. The quantitative estimate of drug-likeness (QED) is 0.746. The van der Waals surface area contributed by atoms with E-state index in [4.69, 9.17) is 16.1 Å². The summed E-state index contributed by atoms with van der Waals surface area (Å²) in [6.45, 7) is 3.17. The average Bonchev–Trinajstić information content (AvgIpc) is 2.48. The Hall–Kier alpha value is -0.620. The molecule has 0 aliphatic heterocycles. The van der Waals surface area contributed by atoms with Crippen LogP contribution in [0.1, 0.15) is 36.2 Å². The monoisotopic (exact) mass is 238 g/mol. The maximum Gasteiger partial charge on any atom is 0.244 e. The average molecular weight is 239 g/mol. The van der Waals surface area contributed by atoms with Crippen molar-refractivity contribution in [1.82, 2.24) is 10.1 Å². The molecule has 0 amide bonds. The molecule has 0 bridgehead atoms. The molecule has 0 saturated carbocycles. The molecule has 0 N–H and O–H groups in total. The number of sulfone groups is 1. The lowest BCUT2D eigenvalue weighted by atomic mass is 10.4. The first-order valence-electron chi connectivity index (χ1n) is 3.99. The highest BCUT2D eigenvalue weighted by molar-refractivity contribution is 7.90. The predicted molar refractivity (Wildman–Crippen MR) is 51.8 cm³/mol. The van der Waals surface area contributed by atoms with Crippen molar-refractivity contribution in [3.05, 3.63) is 11.7 Å². The summed E-state index contributed by atoms with van der Waals surface area (Å²) in [6.07, 6.45) is 1.12. The van der Waals surface area contributed by atoms with Crippen molar-refractivity contribution >= 4 is 21.4 Å². The number of rotatable bonds is 3. The Morgan fingerprint density at radius 1 is 1.43 bits per heavy atom. The fourth-order valence-corrected chi connectivity index (χ4v) is 1.31. The van der Waals surface area contributed by atoms with E-state index in [1.165, 1.54) is 6.92 Å². The molecule has 0 spiro atoms. The van der Waals surface area contributed by atoms with Crippen molar-refractivity contribution < 1.29 is 12.9 Å². The minimum Gasteiger partial charge on any atom is -0.338 e. The number of nitrogens with zero attached hydrogens (tertiary/aromatic N) is 2. The van der Waals surface area contributed by atoms with Crippen LogP contribution in [0.2, 0.25) is 0 Å². The molecule has 80 valence electrons. The summed E-state index contributed by atoms with van der Waals surface area (Å²) in [6, 6.07) is 0. The van der Waals surface area contributed by atoms with Gasteiger partial charge in [0, 0.05) is 6.26 Å². The second-order valence-electron chi connectivity index (χ2n) is 3.08. The molecule has 0 saturated heterocycles. The maximum absolute atomic E-state index is 11.2. The van der Waals surface area contributed by atoms with E-state index in [1.54, 1.807) is 6.92 Å². The number of hydrogen-bond donors (Lipinski definition) is 0. The van der Waals surface area contributed by atoms with Gasteiger partial charge in [0.25, 0.3) is 0 Å². The zero-order valence-electron chi connectivity index (χ0n) is 8.06. The first-order chi connectivity index (χ1) is 6.32. The molecule has 1 aromatic heterocycles. The lowest BCUT2D eigenvalue weighted by Gasteiger charge is -2.01. The van der Waals surface area contributed by atoms with Gasteiger partial charge in [0.1, 0.15) is 5.25 Å². The standard InChI is InChI=1S/C7H11ClN2O3S/c1-4(8)6-9-7(13-10-6)5(2)14(3,11)12/h4-5H,1-3H3. The second kappa shape index (κ2) is 3.86. The van der Waals surface area contributed by atoms with Gasteiger partial charge in [-0.1, -0.05) is 5.16 Å². The van der Waals surface area contributed by atoms with Crippen LogP contribution in [0.4, 0.5) is 0 Å². The van der Waals surface area contributed by atoms with Gasteiger partial charge in [0.05, 0.1) is 5.38 Å². The molecule has 14 heavy (non-hydrogen) atoms. The maximum atomic E-state index is 11.2. The molecule has 1 rings (SSSR count). The molecule has 5 nitrogen and oxygen atoms in total. The predicted octanol–water partition coefficient (Wildman–Crippen LogP) is 1.47. The summed E-state index contributed by atoms with van der Waals surface area (Å²) in [5, 5.41) is 2.39. The lowest BCUT2D eigenvalue weighted by molar-refractivity contribution is 0.371. The van der Waals surface area contributed by atoms with E-state index >= 15 is 0 Å². The third kappa shape index (κ3) is 2.45. The largest absolute Gasteiger partial charge is 0.338 e. The van der Waals surface area contributed by atoms with Crippen LogP contribution >= 0.6 is 11.6 Å². The normalized spacial score (nSPS) is 16.6. The van der Waals surface area contributed by atoms with E-state index < -0.39 is 15.1 Å². The summed E-state index contributed by atoms with van der Waals surface area (Å²) < 4.78 is 27.1. The minimum atomic E-state index is -3.21. The van der Waals surface area contributed by atoms with Crippen LogP contribution in [-0.4, -0.2) is 24.8 Å². The summed E-state index contributed by atoms with van der Waals surface area (Å²) in [5.74, 6) is 0.382. The van der Waals surface area contributed by atoms with E-state index in [1.807, 2.05) is 0 Å². The third-order valence-electron chi connectivity index (χ3n) is 1.80. The van der Waals surface area contributed by atoms with E-state index in [0.29, 0.717) is 5.82 Å². The Balaban J connectivity index is 2.98. The van der Waals surface area contributed by atoms with Crippen molar-refractivity contribution in [2.45, 2.75) is 24.5 Å². The third-order valence-corrected chi connectivity index (χ3v) is 3.48. The first kappa shape index (κ1) is 11.5. The Morgan fingerprint density at radius 2 is 2.00 bits per heavy atom. The van der Waals surface area contributed by atoms with Gasteiger partial charge in [0.2, 0.25) is 5.89 Å². The number of hydrogen-bond acceptors (Lipinski definition) is 5. The Morgan fingerprint density at radius 3 is 2.36 bits per heavy atom. The van der Waals surface area contributed by atoms with Crippen molar-refractivity contribution in [3.63, 3.8) is 0 Å². The van der Waals surface area contributed by atoms with E-state index in [0.717, 1.165) is 6.26 Å². The van der Waals surface area contributed by atoms with Crippen LogP contribution in [0, 0.1) is 0 Å². The van der Waals surface area contributed by atoms with Crippen LogP contribution in [-0.2, 0) is 9.84 Å². The van der Waals surface area contributed by atoms with Crippen molar-refractivity contribution in [1.29, 1.82) is 0 Å². The van der Waals surface area contributed by atoms with E-state index in [9.17, 15) is 8.42 Å². The summed E-state index contributed by atoms with van der Waals surface area (Å²) in [5.41, 5.74) is 0. The van der Waals surface area contributed by atoms with Gasteiger partial charge in [-0.3, -0.25) is 0 Å². The fraction of sp³-hybridized carbons (Fsp3) is 0.714. The van der Waals surface area contributed by atoms with Crippen LogP contribution in [0.5, 0.6) is 0 Å². The van der Waals surface area contributed by atoms with E-state index in [2.05, 4.69) is 10.1 Å². The van der Waals surface area contributed by atoms with Crippen molar-refractivity contribution in [3.8, 4) is 0 Å². The van der Waals surface area contributed by atoms with Crippen LogP contribution in [0.25, 0.3) is 0 Å². The molecule has 0 aromatic carbocycles. The van der Waals surface area contributed by atoms with Crippen molar-refractivity contribution in [2.24, 2.45) is 0 Å². The highest BCUT2D eigenvalue weighted by Crippen LogP contribution is 2.22. The highest BCUT2D eigenvalue weighted by atomic mass is 35.5. The second-order valence-corrected chi connectivity index (χ2v) is 6.10. The molecule has 1 aromatic rings. The van der Waals surface area contributed by atoms with Gasteiger partial charge in [-0.2, -0.15) is 4.98 Å². The summed E-state index contributed by atoms with van der Waals surface area (Å²) >= 11 is 5.70.